The summed E-state index contributed by atoms with van der Waals surface area (Å²) < 4.78 is 53.4. The molecule has 2 N–H and O–H groups in total. The van der Waals surface area contributed by atoms with Crippen molar-refractivity contribution in [1.82, 2.24) is 0 Å². The molecule has 0 aromatic heterocycles. The van der Waals surface area contributed by atoms with Gasteiger partial charge in [0.05, 0.1) is 16.5 Å². The van der Waals surface area contributed by atoms with Crippen molar-refractivity contribution in [3.63, 3.8) is 0 Å². The summed E-state index contributed by atoms with van der Waals surface area (Å²) in [6.07, 6.45) is 0. The monoisotopic (exact) mass is 530 g/mol. The maximum absolute atomic E-state index is 14.3. The van der Waals surface area contributed by atoms with E-state index in [1.807, 2.05) is 0 Å². The van der Waals surface area contributed by atoms with Crippen molar-refractivity contribution in [3.05, 3.63) is 94.0 Å². The second-order valence-corrected chi connectivity index (χ2v) is 9.42. The van der Waals surface area contributed by atoms with E-state index < -0.39 is 56.8 Å². The Hall–Kier alpha value is -2.81. The fourth-order valence-corrected chi connectivity index (χ4v) is 4.57. The number of benzene rings is 3. The third kappa shape index (κ3) is 4.71. The molecule has 3 aromatic carbocycles. The SMILES string of the molecule is O=C(Nc1ccc(F)cc1)c1cc(NC(=O)C2C(c3ccc(F)c(Cl)c3)C2(Cl)Cl)cc(F)c1F. The van der Waals surface area contributed by atoms with E-state index in [4.69, 9.17) is 34.8 Å². The van der Waals surface area contributed by atoms with Gasteiger partial charge in [0.25, 0.3) is 5.91 Å². The lowest BCUT2D eigenvalue weighted by Gasteiger charge is -2.11. The maximum Gasteiger partial charge on any atom is 0.258 e. The van der Waals surface area contributed by atoms with E-state index in [1.54, 1.807) is 0 Å². The number of anilines is 2. The van der Waals surface area contributed by atoms with Crippen molar-refractivity contribution < 1.29 is 27.2 Å². The van der Waals surface area contributed by atoms with Crippen LogP contribution in [0.25, 0.3) is 0 Å². The quantitative estimate of drug-likeness (QED) is 0.285. The molecule has 4 nitrogen and oxygen atoms in total. The third-order valence-corrected chi connectivity index (χ3v) is 6.51. The van der Waals surface area contributed by atoms with Crippen LogP contribution in [0.2, 0.25) is 5.02 Å². The highest BCUT2D eigenvalue weighted by atomic mass is 35.5. The van der Waals surface area contributed by atoms with Crippen LogP contribution in [-0.2, 0) is 4.79 Å². The summed E-state index contributed by atoms with van der Waals surface area (Å²) in [7, 11) is 0. The summed E-state index contributed by atoms with van der Waals surface area (Å²) in [5, 5.41) is 4.50. The van der Waals surface area contributed by atoms with Gasteiger partial charge < -0.3 is 10.6 Å². The van der Waals surface area contributed by atoms with Gasteiger partial charge in [0.15, 0.2) is 11.6 Å². The second kappa shape index (κ2) is 9.09. The van der Waals surface area contributed by atoms with Crippen LogP contribution in [0, 0.1) is 29.2 Å². The average Bonchev–Trinajstić information content (AvgIpc) is 3.36. The molecule has 1 aliphatic rings. The van der Waals surface area contributed by atoms with Gasteiger partial charge in [-0.15, -0.1) is 23.2 Å². The highest BCUT2D eigenvalue weighted by Gasteiger charge is 2.67. The first-order chi connectivity index (χ1) is 16.0. The Kier molecular flexibility index (Phi) is 6.50. The number of carbonyl (C=O) groups excluding carboxylic acids is 2. The number of nitrogens with one attached hydrogen (secondary N) is 2. The van der Waals surface area contributed by atoms with Gasteiger partial charge in [0, 0.05) is 23.4 Å². The second-order valence-electron chi connectivity index (χ2n) is 7.57. The Labute approximate surface area is 205 Å². The standard InChI is InChI=1S/C23H13Cl3F4N2O2/c24-15-7-10(1-6-16(15)28)18-19(23(18,25)26)22(34)32-13-8-14(20(30)17(29)9-13)21(33)31-12-4-2-11(27)3-5-12/h1-9,18-19H,(H,31,33)(H,32,34). The molecule has 2 atom stereocenters. The lowest BCUT2D eigenvalue weighted by atomic mass is 10.1. The van der Waals surface area contributed by atoms with Crippen molar-refractivity contribution in [1.29, 1.82) is 0 Å². The number of amides is 2. The van der Waals surface area contributed by atoms with E-state index in [2.05, 4.69) is 10.6 Å². The number of carbonyl (C=O) groups is 2. The molecule has 0 radical (unpaired) electrons. The van der Waals surface area contributed by atoms with E-state index in [9.17, 15) is 27.2 Å². The van der Waals surface area contributed by atoms with Crippen LogP contribution in [0.3, 0.4) is 0 Å². The molecule has 0 bridgehead atoms. The van der Waals surface area contributed by atoms with E-state index in [0.29, 0.717) is 11.6 Å². The largest absolute Gasteiger partial charge is 0.326 e. The molecule has 176 valence electrons. The van der Waals surface area contributed by atoms with E-state index in [1.165, 1.54) is 24.3 Å². The fraction of sp³-hybridized carbons (Fsp3) is 0.130. The number of hydrogen-bond donors (Lipinski definition) is 2. The highest BCUT2D eigenvalue weighted by molar-refractivity contribution is 6.53. The molecule has 0 aliphatic heterocycles. The van der Waals surface area contributed by atoms with E-state index in [0.717, 1.165) is 24.3 Å². The minimum Gasteiger partial charge on any atom is -0.326 e. The van der Waals surface area contributed by atoms with Crippen LogP contribution in [0.5, 0.6) is 0 Å². The van der Waals surface area contributed by atoms with Crippen LogP contribution < -0.4 is 10.6 Å². The third-order valence-electron chi connectivity index (χ3n) is 5.28. The van der Waals surface area contributed by atoms with Crippen LogP contribution in [0.15, 0.2) is 54.6 Å². The lowest BCUT2D eigenvalue weighted by molar-refractivity contribution is -0.117. The van der Waals surface area contributed by atoms with Crippen molar-refractivity contribution in [2.45, 2.75) is 10.3 Å². The summed E-state index contributed by atoms with van der Waals surface area (Å²) in [6, 6.07) is 10.0. The van der Waals surface area contributed by atoms with Gasteiger partial charge in [0.2, 0.25) is 5.91 Å². The Morgan fingerprint density at radius 2 is 1.50 bits per heavy atom. The van der Waals surface area contributed by atoms with Gasteiger partial charge in [-0.05, 0) is 48.0 Å². The molecular formula is C23H13Cl3F4N2O2. The van der Waals surface area contributed by atoms with Gasteiger partial charge in [-0.2, -0.15) is 0 Å². The molecule has 34 heavy (non-hydrogen) atoms. The smallest absolute Gasteiger partial charge is 0.258 e. The molecule has 1 fully saturated rings. The molecule has 1 saturated carbocycles. The number of rotatable bonds is 5. The minimum absolute atomic E-state index is 0.147. The summed E-state index contributed by atoms with van der Waals surface area (Å²) in [6.45, 7) is 0. The molecule has 11 heteroatoms. The van der Waals surface area contributed by atoms with Crippen LogP contribution in [0.1, 0.15) is 21.8 Å². The zero-order valence-electron chi connectivity index (χ0n) is 16.8. The molecule has 0 saturated heterocycles. The molecule has 0 spiro atoms. The Balaban J connectivity index is 1.54. The summed E-state index contributed by atoms with van der Waals surface area (Å²) >= 11 is 18.3. The average molecular weight is 532 g/mol. The van der Waals surface area contributed by atoms with Crippen LogP contribution in [-0.4, -0.2) is 16.1 Å². The van der Waals surface area contributed by atoms with Crippen molar-refractivity contribution >= 4 is 58.0 Å². The molecular weight excluding hydrogens is 519 g/mol. The molecule has 0 heterocycles. The van der Waals surface area contributed by atoms with Gasteiger partial charge in [-0.25, -0.2) is 17.6 Å². The molecule has 2 unspecified atom stereocenters. The summed E-state index contributed by atoms with van der Waals surface area (Å²) in [4.78, 5) is 25.2. The van der Waals surface area contributed by atoms with E-state index >= 15 is 0 Å². The number of hydrogen-bond acceptors (Lipinski definition) is 2. The first-order valence-corrected chi connectivity index (χ1v) is 10.8. The zero-order valence-corrected chi connectivity index (χ0v) is 19.1. The predicted molar refractivity (Wildman–Crippen MR) is 121 cm³/mol. The lowest BCUT2D eigenvalue weighted by Crippen LogP contribution is -2.19. The first kappa shape index (κ1) is 24.3. The Morgan fingerprint density at radius 1 is 0.824 bits per heavy atom. The minimum atomic E-state index is -1.55. The maximum atomic E-state index is 14.3. The van der Waals surface area contributed by atoms with Crippen LogP contribution in [0.4, 0.5) is 28.9 Å². The number of alkyl halides is 2. The summed E-state index contributed by atoms with van der Waals surface area (Å²) in [5.41, 5.74) is -0.352. The van der Waals surface area contributed by atoms with Gasteiger partial charge >= 0.3 is 0 Å². The fourth-order valence-electron chi connectivity index (χ4n) is 3.55. The topological polar surface area (TPSA) is 58.2 Å². The van der Waals surface area contributed by atoms with Gasteiger partial charge in [-0.3, -0.25) is 9.59 Å². The summed E-state index contributed by atoms with van der Waals surface area (Å²) in [5.74, 6) is -7.53. The van der Waals surface area contributed by atoms with Crippen LogP contribution >= 0.6 is 34.8 Å². The van der Waals surface area contributed by atoms with Gasteiger partial charge in [0.1, 0.15) is 16.0 Å². The normalized spacial score (nSPS) is 18.3. The molecule has 1 aliphatic carbocycles. The Morgan fingerprint density at radius 3 is 2.15 bits per heavy atom. The van der Waals surface area contributed by atoms with Crippen molar-refractivity contribution in [2.75, 3.05) is 10.6 Å². The predicted octanol–water partition coefficient (Wildman–Crippen LogP) is 6.67. The van der Waals surface area contributed by atoms with E-state index in [-0.39, 0.29) is 16.4 Å². The molecule has 3 aromatic rings. The van der Waals surface area contributed by atoms with Gasteiger partial charge in [-0.1, -0.05) is 17.7 Å². The first-order valence-electron chi connectivity index (χ1n) is 9.68. The zero-order chi connectivity index (χ0) is 24.8. The Bertz CT molecular complexity index is 1300. The molecule has 2 amide bonds. The van der Waals surface area contributed by atoms with Crippen molar-refractivity contribution in [3.8, 4) is 0 Å². The number of halogens is 7. The van der Waals surface area contributed by atoms with Crippen molar-refractivity contribution in [2.24, 2.45) is 5.92 Å². The highest BCUT2D eigenvalue weighted by Crippen LogP contribution is 2.65. The molecule has 4 rings (SSSR count).